The molecule has 0 spiro atoms. The lowest BCUT2D eigenvalue weighted by atomic mass is 9.95. The van der Waals surface area contributed by atoms with Crippen LogP contribution in [0.2, 0.25) is 0 Å². The number of hydrogen-bond donors (Lipinski definition) is 4. The Labute approximate surface area is 214 Å². The van der Waals surface area contributed by atoms with Gasteiger partial charge in [0.25, 0.3) is 5.91 Å². The highest BCUT2D eigenvalue weighted by Crippen LogP contribution is 2.26. The lowest BCUT2D eigenvalue weighted by molar-refractivity contribution is -0.127. The van der Waals surface area contributed by atoms with E-state index in [9.17, 15) is 14.4 Å². The van der Waals surface area contributed by atoms with Crippen LogP contribution in [0.5, 0.6) is 0 Å². The van der Waals surface area contributed by atoms with E-state index < -0.39 is 5.41 Å². The van der Waals surface area contributed by atoms with Gasteiger partial charge in [-0.05, 0) is 49.6 Å². The SMILES string of the molecule is Cc1ccccc1NCCNc1ccc(C(=O)NCCCN2CCCC2=O)cc1NC(=O)C(C)(C)C. The predicted octanol–water partition coefficient (Wildman–Crippen LogP) is 4.25. The fourth-order valence-electron chi connectivity index (χ4n) is 3.93. The molecule has 0 aliphatic carbocycles. The quantitative estimate of drug-likeness (QED) is 0.351. The van der Waals surface area contributed by atoms with E-state index in [-0.39, 0.29) is 17.7 Å². The molecule has 3 amide bonds. The Balaban J connectivity index is 1.60. The van der Waals surface area contributed by atoms with Gasteiger partial charge < -0.3 is 26.2 Å². The minimum atomic E-state index is -0.574. The van der Waals surface area contributed by atoms with Crippen molar-refractivity contribution in [1.29, 1.82) is 0 Å². The van der Waals surface area contributed by atoms with Crippen LogP contribution in [0.1, 0.15) is 56.0 Å². The summed E-state index contributed by atoms with van der Waals surface area (Å²) in [6.07, 6.45) is 2.24. The number of para-hydroxylation sites is 1. The van der Waals surface area contributed by atoms with Gasteiger partial charge in [-0.2, -0.15) is 0 Å². The lowest BCUT2D eigenvalue weighted by Gasteiger charge is -2.21. The van der Waals surface area contributed by atoms with Crippen molar-refractivity contribution in [2.75, 3.05) is 48.7 Å². The number of likely N-dealkylation sites (tertiary alicyclic amines) is 1. The second kappa shape index (κ2) is 12.4. The van der Waals surface area contributed by atoms with Crippen molar-refractivity contribution < 1.29 is 14.4 Å². The molecule has 0 atom stereocenters. The van der Waals surface area contributed by atoms with Crippen LogP contribution in [0.15, 0.2) is 42.5 Å². The van der Waals surface area contributed by atoms with Crippen molar-refractivity contribution >= 4 is 34.8 Å². The summed E-state index contributed by atoms with van der Waals surface area (Å²) in [6.45, 7) is 10.9. The van der Waals surface area contributed by atoms with Gasteiger partial charge in [0.15, 0.2) is 0 Å². The third kappa shape index (κ3) is 7.73. The molecule has 2 aromatic rings. The molecule has 0 aromatic heterocycles. The Morgan fingerprint density at radius 3 is 2.33 bits per heavy atom. The van der Waals surface area contributed by atoms with Gasteiger partial charge in [0.1, 0.15) is 0 Å². The number of carbonyl (C=O) groups is 3. The van der Waals surface area contributed by atoms with Crippen LogP contribution in [-0.2, 0) is 9.59 Å². The van der Waals surface area contributed by atoms with Crippen LogP contribution in [0, 0.1) is 12.3 Å². The first-order valence-electron chi connectivity index (χ1n) is 12.7. The van der Waals surface area contributed by atoms with E-state index in [1.165, 1.54) is 5.56 Å². The van der Waals surface area contributed by atoms with Gasteiger partial charge in [0, 0.05) is 55.8 Å². The molecular formula is C28H39N5O3. The summed E-state index contributed by atoms with van der Waals surface area (Å²) in [6, 6.07) is 13.4. The van der Waals surface area contributed by atoms with Crippen molar-refractivity contribution in [2.45, 2.75) is 47.0 Å². The summed E-state index contributed by atoms with van der Waals surface area (Å²) in [5, 5.41) is 12.7. The summed E-state index contributed by atoms with van der Waals surface area (Å²) < 4.78 is 0. The minimum absolute atomic E-state index is 0.128. The average Bonchev–Trinajstić information content (AvgIpc) is 3.25. The van der Waals surface area contributed by atoms with E-state index in [1.54, 1.807) is 12.1 Å². The van der Waals surface area contributed by atoms with Gasteiger partial charge in [-0.15, -0.1) is 0 Å². The Kier molecular flexibility index (Phi) is 9.33. The van der Waals surface area contributed by atoms with E-state index in [0.29, 0.717) is 50.3 Å². The number of rotatable bonds is 11. The average molecular weight is 494 g/mol. The van der Waals surface area contributed by atoms with Crippen LogP contribution >= 0.6 is 0 Å². The Morgan fingerprint density at radius 1 is 0.944 bits per heavy atom. The zero-order valence-corrected chi connectivity index (χ0v) is 21.9. The van der Waals surface area contributed by atoms with Crippen molar-refractivity contribution in [3.63, 3.8) is 0 Å². The maximum absolute atomic E-state index is 12.8. The maximum atomic E-state index is 12.8. The maximum Gasteiger partial charge on any atom is 0.251 e. The second-order valence-corrected chi connectivity index (χ2v) is 10.2. The van der Waals surface area contributed by atoms with Gasteiger partial charge in [-0.1, -0.05) is 39.0 Å². The van der Waals surface area contributed by atoms with Gasteiger partial charge in [-0.25, -0.2) is 0 Å². The Bertz CT molecular complexity index is 1080. The molecular weight excluding hydrogens is 454 g/mol. The molecule has 1 heterocycles. The highest BCUT2D eigenvalue weighted by Gasteiger charge is 2.23. The number of hydrogen-bond acceptors (Lipinski definition) is 5. The van der Waals surface area contributed by atoms with Crippen molar-refractivity contribution in [3.8, 4) is 0 Å². The first-order chi connectivity index (χ1) is 17.1. The van der Waals surface area contributed by atoms with Crippen LogP contribution in [-0.4, -0.2) is 55.3 Å². The summed E-state index contributed by atoms with van der Waals surface area (Å²) in [7, 11) is 0. The van der Waals surface area contributed by atoms with Gasteiger partial charge in [-0.3, -0.25) is 14.4 Å². The lowest BCUT2D eigenvalue weighted by Crippen LogP contribution is -2.31. The third-order valence-corrected chi connectivity index (χ3v) is 6.17. The smallest absolute Gasteiger partial charge is 0.251 e. The highest BCUT2D eigenvalue weighted by molar-refractivity contribution is 6.01. The van der Waals surface area contributed by atoms with E-state index in [1.807, 2.05) is 49.9 Å². The van der Waals surface area contributed by atoms with E-state index >= 15 is 0 Å². The number of anilines is 3. The number of amides is 3. The van der Waals surface area contributed by atoms with Crippen LogP contribution in [0.25, 0.3) is 0 Å². The zero-order chi connectivity index (χ0) is 26.1. The highest BCUT2D eigenvalue weighted by atomic mass is 16.2. The van der Waals surface area contributed by atoms with Crippen molar-refractivity contribution in [2.24, 2.45) is 5.41 Å². The Morgan fingerprint density at radius 2 is 1.67 bits per heavy atom. The molecule has 36 heavy (non-hydrogen) atoms. The standard InChI is InChI=1S/C28H39N5O3/c1-20-9-5-6-10-22(20)29-15-16-30-23-13-12-21(19-24(23)32-27(36)28(2,3)4)26(35)31-14-8-18-33-17-7-11-25(33)34/h5-6,9-10,12-13,19,29-30H,7-8,11,14-18H2,1-4H3,(H,31,35)(H,32,36). The van der Waals surface area contributed by atoms with Crippen molar-refractivity contribution in [3.05, 3.63) is 53.6 Å². The van der Waals surface area contributed by atoms with Crippen LogP contribution in [0.4, 0.5) is 17.1 Å². The molecule has 1 saturated heterocycles. The van der Waals surface area contributed by atoms with Crippen LogP contribution < -0.4 is 21.3 Å². The fraction of sp³-hybridized carbons (Fsp3) is 0.464. The molecule has 194 valence electrons. The van der Waals surface area contributed by atoms with Crippen molar-refractivity contribution in [1.82, 2.24) is 10.2 Å². The fourth-order valence-corrected chi connectivity index (χ4v) is 3.93. The number of carbonyl (C=O) groups excluding carboxylic acids is 3. The number of benzene rings is 2. The molecule has 0 radical (unpaired) electrons. The molecule has 1 aliphatic rings. The molecule has 8 nitrogen and oxygen atoms in total. The molecule has 3 rings (SSSR count). The molecule has 1 fully saturated rings. The molecule has 4 N–H and O–H groups in total. The second-order valence-electron chi connectivity index (χ2n) is 10.2. The normalized spacial score (nSPS) is 13.4. The predicted molar refractivity (Wildman–Crippen MR) is 145 cm³/mol. The largest absolute Gasteiger partial charge is 0.383 e. The van der Waals surface area contributed by atoms with Gasteiger partial charge in [0.05, 0.1) is 11.4 Å². The van der Waals surface area contributed by atoms with Crippen LogP contribution in [0.3, 0.4) is 0 Å². The topological polar surface area (TPSA) is 103 Å². The van der Waals surface area contributed by atoms with Gasteiger partial charge in [0.2, 0.25) is 11.8 Å². The van der Waals surface area contributed by atoms with E-state index in [4.69, 9.17) is 0 Å². The zero-order valence-electron chi connectivity index (χ0n) is 21.9. The monoisotopic (exact) mass is 493 g/mol. The van der Waals surface area contributed by atoms with E-state index in [0.717, 1.165) is 24.3 Å². The third-order valence-electron chi connectivity index (χ3n) is 6.17. The molecule has 2 aromatic carbocycles. The molecule has 1 aliphatic heterocycles. The summed E-state index contributed by atoms with van der Waals surface area (Å²) in [5.74, 6) is -0.143. The molecule has 8 heteroatoms. The summed E-state index contributed by atoms with van der Waals surface area (Å²) in [5.41, 5.74) is 3.48. The molecule has 0 unspecified atom stereocenters. The van der Waals surface area contributed by atoms with E-state index in [2.05, 4.69) is 34.3 Å². The molecule has 0 saturated carbocycles. The first kappa shape index (κ1) is 27.0. The number of aryl methyl sites for hydroxylation is 1. The molecule has 0 bridgehead atoms. The van der Waals surface area contributed by atoms with Gasteiger partial charge >= 0.3 is 0 Å². The summed E-state index contributed by atoms with van der Waals surface area (Å²) >= 11 is 0. The summed E-state index contributed by atoms with van der Waals surface area (Å²) in [4.78, 5) is 39.0. The number of nitrogens with zero attached hydrogens (tertiary/aromatic N) is 1. The number of nitrogens with one attached hydrogen (secondary N) is 4. The first-order valence-corrected chi connectivity index (χ1v) is 12.7. The Hall–Kier alpha value is -3.55. The minimum Gasteiger partial charge on any atom is -0.383 e.